The Labute approximate surface area is 86.6 Å². The highest BCUT2D eigenvalue weighted by Crippen LogP contribution is 2.42. The smallest absolute Gasteiger partial charge is 0.143 e. The van der Waals surface area contributed by atoms with E-state index in [0.717, 1.165) is 5.56 Å². The SMILES string of the molecule is CC1Oc2c(Cl)cc(Cl)cc2C1N. The van der Waals surface area contributed by atoms with Gasteiger partial charge in [-0.3, -0.25) is 0 Å². The Balaban J connectivity index is 2.57. The van der Waals surface area contributed by atoms with Crippen molar-refractivity contribution >= 4 is 23.2 Å². The predicted molar refractivity (Wildman–Crippen MR) is 53.5 cm³/mol. The predicted octanol–water partition coefficient (Wildman–Crippen LogP) is 2.77. The van der Waals surface area contributed by atoms with E-state index in [1.165, 1.54) is 0 Å². The summed E-state index contributed by atoms with van der Waals surface area (Å²) in [4.78, 5) is 0. The number of nitrogens with two attached hydrogens (primary N) is 1. The molecule has 0 saturated carbocycles. The molecule has 1 heterocycles. The highest BCUT2D eigenvalue weighted by atomic mass is 35.5. The van der Waals surface area contributed by atoms with Crippen LogP contribution in [-0.4, -0.2) is 6.10 Å². The first kappa shape index (κ1) is 9.13. The van der Waals surface area contributed by atoms with Crippen molar-refractivity contribution in [3.63, 3.8) is 0 Å². The van der Waals surface area contributed by atoms with Gasteiger partial charge in [0, 0.05) is 10.6 Å². The summed E-state index contributed by atoms with van der Waals surface area (Å²) < 4.78 is 5.49. The molecular weight excluding hydrogens is 209 g/mol. The van der Waals surface area contributed by atoms with Crippen molar-refractivity contribution in [3.05, 3.63) is 27.7 Å². The largest absolute Gasteiger partial charge is 0.487 e. The van der Waals surface area contributed by atoms with Gasteiger partial charge in [-0.05, 0) is 19.1 Å². The van der Waals surface area contributed by atoms with Crippen LogP contribution in [-0.2, 0) is 0 Å². The lowest BCUT2D eigenvalue weighted by molar-refractivity contribution is 0.228. The molecule has 1 aromatic rings. The van der Waals surface area contributed by atoms with Gasteiger partial charge in [0.15, 0.2) is 0 Å². The zero-order valence-electron chi connectivity index (χ0n) is 7.05. The molecule has 2 rings (SSSR count). The Morgan fingerprint density at radius 3 is 2.77 bits per heavy atom. The Morgan fingerprint density at radius 2 is 2.08 bits per heavy atom. The van der Waals surface area contributed by atoms with Crippen LogP contribution in [0.2, 0.25) is 10.0 Å². The first-order valence-corrected chi connectivity index (χ1v) is 4.76. The summed E-state index contributed by atoms with van der Waals surface area (Å²) in [5.41, 5.74) is 6.78. The van der Waals surface area contributed by atoms with E-state index in [2.05, 4.69) is 0 Å². The zero-order valence-corrected chi connectivity index (χ0v) is 8.56. The van der Waals surface area contributed by atoms with E-state index in [9.17, 15) is 0 Å². The lowest BCUT2D eigenvalue weighted by Gasteiger charge is -2.07. The van der Waals surface area contributed by atoms with Crippen LogP contribution in [0.25, 0.3) is 0 Å². The van der Waals surface area contributed by atoms with Crippen LogP contribution >= 0.6 is 23.2 Å². The molecular formula is C9H9Cl2NO. The van der Waals surface area contributed by atoms with Gasteiger partial charge in [0.2, 0.25) is 0 Å². The molecule has 1 aromatic carbocycles. The third kappa shape index (κ3) is 1.39. The van der Waals surface area contributed by atoms with Gasteiger partial charge in [-0.1, -0.05) is 23.2 Å². The van der Waals surface area contributed by atoms with Gasteiger partial charge in [-0.15, -0.1) is 0 Å². The summed E-state index contributed by atoms with van der Waals surface area (Å²) in [6.07, 6.45) is -0.0361. The average Bonchev–Trinajstić information content (AvgIpc) is 2.32. The lowest BCUT2D eigenvalue weighted by atomic mass is 10.1. The minimum Gasteiger partial charge on any atom is -0.487 e. The van der Waals surface area contributed by atoms with E-state index in [4.69, 9.17) is 33.7 Å². The van der Waals surface area contributed by atoms with Crippen molar-refractivity contribution in [1.29, 1.82) is 0 Å². The van der Waals surface area contributed by atoms with Crippen molar-refractivity contribution in [2.24, 2.45) is 5.73 Å². The number of benzene rings is 1. The molecule has 2 atom stereocenters. The van der Waals surface area contributed by atoms with Crippen molar-refractivity contribution in [2.75, 3.05) is 0 Å². The molecule has 0 aromatic heterocycles. The number of ether oxygens (including phenoxy) is 1. The molecule has 0 amide bonds. The number of hydrogen-bond acceptors (Lipinski definition) is 2. The van der Waals surface area contributed by atoms with Crippen LogP contribution in [0.5, 0.6) is 5.75 Å². The summed E-state index contributed by atoms with van der Waals surface area (Å²) in [7, 11) is 0. The summed E-state index contributed by atoms with van der Waals surface area (Å²) in [6.45, 7) is 1.91. The molecule has 0 radical (unpaired) electrons. The maximum atomic E-state index is 5.94. The fraction of sp³-hybridized carbons (Fsp3) is 0.333. The highest BCUT2D eigenvalue weighted by Gasteiger charge is 2.30. The van der Waals surface area contributed by atoms with Gasteiger partial charge >= 0.3 is 0 Å². The van der Waals surface area contributed by atoms with Crippen LogP contribution in [0.4, 0.5) is 0 Å². The quantitative estimate of drug-likeness (QED) is 0.726. The normalized spacial score (nSPS) is 25.5. The van der Waals surface area contributed by atoms with Crippen LogP contribution in [0, 0.1) is 0 Å². The molecule has 0 spiro atoms. The van der Waals surface area contributed by atoms with Gasteiger partial charge in [0.1, 0.15) is 11.9 Å². The van der Waals surface area contributed by atoms with Crippen molar-refractivity contribution in [3.8, 4) is 5.75 Å². The molecule has 2 unspecified atom stereocenters. The molecule has 1 aliphatic rings. The number of hydrogen-bond donors (Lipinski definition) is 1. The third-order valence-electron chi connectivity index (χ3n) is 2.21. The van der Waals surface area contributed by atoms with E-state index in [1.54, 1.807) is 12.1 Å². The molecule has 0 aliphatic carbocycles. The molecule has 4 heteroatoms. The summed E-state index contributed by atoms with van der Waals surface area (Å²) >= 11 is 11.8. The van der Waals surface area contributed by atoms with Crippen molar-refractivity contribution in [1.82, 2.24) is 0 Å². The second kappa shape index (κ2) is 3.05. The molecule has 13 heavy (non-hydrogen) atoms. The maximum absolute atomic E-state index is 5.94. The van der Waals surface area contributed by atoms with E-state index in [-0.39, 0.29) is 12.1 Å². The fourth-order valence-corrected chi connectivity index (χ4v) is 2.02. The van der Waals surface area contributed by atoms with E-state index < -0.39 is 0 Å². The Hall–Kier alpha value is -0.440. The van der Waals surface area contributed by atoms with Crippen LogP contribution in [0.3, 0.4) is 0 Å². The minimum atomic E-state index is -0.133. The molecule has 0 bridgehead atoms. The molecule has 2 nitrogen and oxygen atoms in total. The minimum absolute atomic E-state index is 0.0361. The monoisotopic (exact) mass is 217 g/mol. The highest BCUT2D eigenvalue weighted by molar-refractivity contribution is 6.35. The van der Waals surface area contributed by atoms with E-state index in [1.807, 2.05) is 6.92 Å². The molecule has 2 N–H and O–H groups in total. The summed E-state index contributed by atoms with van der Waals surface area (Å²) in [5, 5.41) is 1.12. The van der Waals surface area contributed by atoms with Gasteiger partial charge in [0.05, 0.1) is 11.1 Å². The molecule has 70 valence electrons. The van der Waals surface area contributed by atoms with Gasteiger partial charge < -0.3 is 10.5 Å². The Bertz CT molecular complexity index is 354. The Morgan fingerprint density at radius 1 is 1.38 bits per heavy atom. The van der Waals surface area contributed by atoms with E-state index >= 15 is 0 Å². The maximum Gasteiger partial charge on any atom is 0.143 e. The van der Waals surface area contributed by atoms with Crippen LogP contribution in [0.15, 0.2) is 12.1 Å². The molecule has 0 fully saturated rings. The standard InChI is InChI=1S/C9H9Cl2NO/c1-4-8(12)6-2-5(10)3-7(11)9(6)13-4/h2-4,8H,12H2,1H3. The van der Waals surface area contributed by atoms with Crippen molar-refractivity contribution in [2.45, 2.75) is 19.1 Å². The average molecular weight is 218 g/mol. The number of fused-ring (bicyclic) bond motifs is 1. The number of rotatable bonds is 0. The summed E-state index contributed by atoms with van der Waals surface area (Å²) in [5.74, 6) is 0.672. The zero-order chi connectivity index (χ0) is 9.59. The third-order valence-corrected chi connectivity index (χ3v) is 2.70. The second-order valence-corrected chi connectivity index (χ2v) is 4.00. The first-order valence-electron chi connectivity index (χ1n) is 4.01. The van der Waals surface area contributed by atoms with Gasteiger partial charge in [-0.2, -0.15) is 0 Å². The topological polar surface area (TPSA) is 35.2 Å². The van der Waals surface area contributed by atoms with Crippen LogP contribution < -0.4 is 10.5 Å². The summed E-state index contributed by atoms with van der Waals surface area (Å²) in [6, 6.07) is 3.33. The number of halogens is 2. The van der Waals surface area contributed by atoms with Gasteiger partial charge in [0.25, 0.3) is 0 Å². The van der Waals surface area contributed by atoms with Gasteiger partial charge in [-0.25, -0.2) is 0 Å². The second-order valence-electron chi connectivity index (χ2n) is 3.15. The first-order chi connectivity index (χ1) is 6.09. The fourth-order valence-electron chi connectivity index (χ4n) is 1.46. The molecule has 1 aliphatic heterocycles. The van der Waals surface area contributed by atoms with Crippen LogP contribution in [0.1, 0.15) is 18.5 Å². The Kier molecular flexibility index (Phi) is 2.14. The van der Waals surface area contributed by atoms with E-state index in [0.29, 0.717) is 15.8 Å². The molecule has 0 saturated heterocycles. The van der Waals surface area contributed by atoms with Crippen molar-refractivity contribution < 1.29 is 4.74 Å². The lowest BCUT2D eigenvalue weighted by Crippen LogP contribution is -2.21.